The molecule has 4 aromatic carbocycles. The molecule has 4 aliphatic rings. The van der Waals surface area contributed by atoms with Gasteiger partial charge in [0.15, 0.2) is 11.3 Å². The normalized spacial score (nSPS) is 20.2. The van der Waals surface area contributed by atoms with Crippen LogP contribution < -0.4 is 10.6 Å². The van der Waals surface area contributed by atoms with Gasteiger partial charge in [-0.3, -0.25) is 43.4 Å². The van der Waals surface area contributed by atoms with Gasteiger partial charge in [-0.15, -0.1) is 0 Å². The van der Waals surface area contributed by atoms with Crippen molar-refractivity contribution < 1.29 is 61.2 Å². The van der Waals surface area contributed by atoms with Gasteiger partial charge in [-0.1, -0.05) is 65.7 Å². The molecule has 1 unspecified atom stereocenters. The van der Waals surface area contributed by atoms with Gasteiger partial charge in [-0.2, -0.15) is 8.78 Å². The number of amides is 7. The van der Waals surface area contributed by atoms with Crippen LogP contribution in [0.15, 0.2) is 77.3 Å². The van der Waals surface area contributed by atoms with Crippen LogP contribution in [0.3, 0.4) is 0 Å². The first-order chi connectivity index (χ1) is 35.3. The fraction of sp³-hybridized carbons (Fsp3) is 0.396. The summed E-state index contributed by atoms with van der Waals surface area (Å²) in [6, 6.07) is 14.4. The van der Waals surface area contributed by atoms with Gasteiger partial charge in [0.2, 0.25) is 23.6 Å². The molecule has 4 aliphatic heterocycles. The van der Waals surface area contributed by atoms with Crippen molar-refractivity contribution in [1.29, 1.82) is 0 Å². The van der Waals surface area contributed by atoms with Crippen LogP contribution in [0.2, 0.25) is 0 Å². The maximum atomic E-state index is 14.9. The van der Waals surface area contributed by atoms with Crippen LogP contribution in [0.1, 0.15) is 118 Å². The standard InChI is InChI=1S/C53H54F2N7O11P/c1-31-13-21-44-39(26-31)46(58-73-44)52(69)60-25-23-37-18-19-43(62(37)50(67)41(30-60)56-47(64)34-15-14-32-16-17-36(28-35(32)27-34)53(54,55)74(70,71)72)51(68)59(2)24-8-6-4-3-5-7-10-33-11-9-12-38-40(33)29-61(49(38)66)42-20-22-45(63)57-48(42)65/h9,11-17,21,26-28,37,41-43H,3-6,8,18-20,22-25,29-30H2,1-2H3,(H,56,64)(H,57,63,65)(H2,70,71,72)/t37-,41+,42?,43+/m1/s1. The number of hydrogen-bond acceptors (Lipinski definition) is 10. The quantitative estimate of drug-likeness (QED) is 0.0478. The molecule has 0 aliphatic carbocycles. The molecule has 74 heavy (non-hydrogen) atoms. The summed E-state index contributed by atoms with van der Waals surface area (Å²) in [7, 11) is -4.21. The van der Waals surface area contributed by atoms with Crippen LogP contribution in [-0.2, 0) is 36.0 Å². The van der Waals surface area contributed by atoms with E-state index >= 15 is 0 Å². The molecular weight excluding hydrogens is 980 g/mol. The first-order valence-electron chi connectivity index (χ1n) is 24.6. The number of rotatable bonds is 13. The smallest absolute Gasteiger partial charge is 0.355 e. The lowest BCUT2D eigenvalue weighted by Crippen LogP contribution is -2.61. The van der Waals surface area contributed by atoms with Crippen LogP contribution in [0, 0.1) is 18.8 Å². The van der Waals surface area contributed by atoms with Gasteiger partial charge < -0.3 is 39.2 Å². The van der Waals surface area contributed by atoms with Crippen molar-refractivity contribution in [2.24, 2.45) is 0 Å². The Balaban J connectivity index is 0.845. The predicted octanol–water partition coefficient (Wildman–Crippen LogP) is 5.74. The van der Waals surface area contributed by atoms with E-state index in [1.807, 2.05) is 19.1 Å². The van der Waals surface area contributed by atoms with E-state index in [2.05, 4.69) is 27.6 Å². The minimum Gasteiger partial charge on any atom is -0.355 e. The number of benzene rings is 4. The molecule has 3 fully saturated rings. The minimum atomic E-state index is -5.89. The highest BCUT2D eigenvalue weighted by Gasteiger charge is 2.51. The van der Waals surface area contributed by atoms with Crippen LogP contribution in [0.5, 0.6) is 0 Å². The molecule has 9 rings (SSSR count). The van der Waals surface area contributed by atoms with Gasteiger partial charge in [0.05, 0.1) is 11.9 Å². The number of unbranched alkanes of at least 4 members (excludes halogenated alkanes) is 4. The molecule has 0 saturated carbocycles. The Kier molecular flexibility index (Phi) is 14.6. The van der Waals surface area contributed by atoms with E-state index in [1.165, 1.54) is 39.0 Å². The van der Waals surface area contributed by atoms with Crippen molar-refractivity contribution in [1.82, 2.24) is 35.4 Å². The number of nitrogens with zero attached hydrogens (tertiary/aromatic N) is 5. The molecule has 18 nitrogen and oxygen atoms in total. The molecule has 5 heterocycles. The summed E-state index contributed by atoms with van der Waals surface area (Å²) in [6.45, 7) is 2.34. The first kappa shape index (κ1) is 51.6. The fourth-order valence-corrected chi connectivity index (χ4v) is 10.9. The monoisotopic (exact) mass is 1030 g/mol. The van der Waals surface area contributed by atoms with Crippen LogP contribution in [0.4, 0.5) is 8.78 Å². The number of likely N-dealkylation sites (N-methyl/N-ethyl adjacent to an activating group) is 1. The van der Waals surface area contributed by atoms with Gasteiger partial charge in [0.1, 0.15) is 18.1 Å². The largest absolute Gasteiger partial charge is 0.399 e. The Hall–Kier alpha value is -7.33. The number of aryl methyl sites for hydroxylation is 1. The molecule has 386 valence electrons. The highest BCUT2D eigenvalue weighted by Crippen LogP contribution is 2.59. The van der Waals surface area contributed by atoms with E-state index in [1.54, 1.807) is 36.2 Å². The topological polar surface area (TPSA) is 240 Å². The van der Waals surface area contributed by atoms with Crippen LogP contribution >= 0.6 is 7.60 Å². The average Bonchev–Trinajstić information content (AvgIpc) is 4.09. The number of piperidine rings is 1. The van der Waals surface area contributed by atoms with Crippen molar-refractivity contribution >= 4 is 70.7 Å². The van der Waals surface area contributed by atoms with Gasteiger partial charge in [0, 0.05) is 67.8 Å². The maximum absolute atomic E-state index is 14.9. The van der Waals surface area contributed by atoms with Crippen molar-refractivity contribution in [3.8, 4) is 11.8 Å². The lowest BCUT2D eigenvalue weighted by atomic mass is 10.0. The average molecular weight is 1030 g/mol. The molecule has 3 saturated heterocycles. The summed E-state index contributed by atoms with van der Waals surface area (Å²) in [6.07, 6.45) is 5.28. The summed E-state index contributed by atoms with van der Waals surface area (Å²) < 4.78 is 46.6. The van der Waals surface area contributed by atoms with Gasteiger partial charge in [-0.05, 0) is 104 Å². The SMILES string of the molecule is Cc1ccc2onc(C(=O)N3CC[C@H]4CC[C@@H](C(=O)N(C)CCCCCCC#Cc5cccc6c5CN(C5CCC(=O)NC5=O)C6=O)N4C(=O)[C@@H](NC(=O)c4ccc5ccc(C(F)(F)P(=O)(O)O)cc5c4)C3)c2c1. The number of carbonyl (C=O) groups is 7. The number of hydrogen-bond donors (Lipinski definition) is 4. The molecule has 0 spiro atoms. The fourth-order valence-electron chi connectivity index (χ4n) is 10.4. The third-order valence-corrected chi connectivity index (χ3v) is 15.4. The zero-order valence-electron chi connectivity index (χ0n) is 40.6. The number of halogens is 2. The summed E-state index contributed by atoms with van der Waals surface area (Å²) in [5.74, 6) is 3.14. The van der Waals surface area contributed by atoms with E-state index in [4.69, 9.17) is 4.52 Å². The van der Waals surface area contributed by atoms with Crippen LogP contribution in [-0.4, -0.2) is 127 Å². The molecule has 5 aromatic rings. The number of nitrogens with one attached hydrogen (secondary N) is 2. The lowest BCUT2D eigenvalue weighted by molar-refractivity contribution is -0.146. The predicted molar refractivity (Wildman–Crippen MR) is 264 cm³/mol. The van der Waals surface area contributed by atoms with E-state index < -0.39 is 66.6 Å². The summed E-state index contributed by atoms with van der Waals surface area (Å²) >= 11 is 0. The molecule has 7 amide bonds. The lowest BCUT2D eigenvalue weighted by Gasteiger charge is -2.39. The number of fused-ring (bicyclic) bond motifs is 4. The second-order valence-corrected chi connectivity index (χ2v) is 21.1. The Bertz CT molecular complexity index is 3240. The Morgan fingerprint density at radius 3 is 2.51 bits per heavy atom. The van der Waals surface area contributed by atoms with Crippen molar-refractivity contribution in [3.05, 3.63) is 112 Å². The third kappa shape index (κ3) is 10.3. The van der Waals surface area contributed by atoms with E-state index in [0.717, 1.165) is 42.5 Å². The van der Waals surface area contributed by atoms with Gasteiger partial charge in [-0.25, -0.2) is 0 Å². The third-order valence-electron chi connectivity index (χ3n) is 14.4. The van der Waals surface area contributed by atoms with Crippen molar-refractivity contribution in [2.45, 2.75) is 108 Å². The molecule has 4 N–H and O–H groups in total. The maximum Gasteiger partial charge on any atom is 0.399 e. The van der Waals surface area contributed by atoms with Gasteiger partial charge in [0.25, 0.3) is 17.7 Å². The molecule has 21 heteroatoms. The number of aromatic nitrogens is 1. The summed E-state index contributed by atoms with van der Waals surface area (Å²) in [5.41, 5.74) is -2.26. The summed E-state index contributed by atoms with van der Waals surface area (Å²) in [5, 5.41) is 10.1. The Labute approximate surface area is 423 Å². The zero-order valence-corrected chi connectivity index (χ0v) is 41.5. The van der Waals surface area contributed by atoms with Crippen molar-refractivity contribution in [3.63, 3.8) is 0 Å². The van der Waals surface area contributed by atoms with E-state index in [9.17, 15) is 56.7 Å². The highest BCUT2D eigenvalue weighted by molar-refractivity contribution is 7.52. The Morgan fingerprint density at radius 2 is 1.73 bits per heavy atom. The molecular formula is C53H54F2N7O11P. The number of alkyl halides is 2. The number of carbonyl (C=O) groups excluding carboxylic acids is 7. The molecule has 4 atom stereocenters. The summed E-state index contributed by atoms with van der Waals surface area (Å²) in [4.78, 5) is 120. The Morgan fingerprint density at radius 1 is 0.946 bits per heavy atom. The zero-order chi connectivity index (χ0) is 52.6. The van der Waals surface area contributed by atoms with Crippen LogP contribution in [0.25, 0.3) is 21.7 Å². The molecule has 0 bridgehead atoms. The second kappa shape index (κ2) is 20.9. The minimum absolute atomic E-state index is 0.0283. The second-order valence-electron chi connectivity index (χ2n) is 19.4. The van der Waals surface area contributed by atoms with Gasteiger partial charge >= 0.3 is 13.3 Å². The van der Waals surface area contributed by atoms with E-state index in [0.29, 0.717) is 66.1 Å². The van der Waals surface area contributed by atoms with Crippen molar-refractivity contribution in [2.75, 3.05) is 26.7 Å². The first-order valence-corrected chi connectivity index (χ1v) is 26.2. The highest BCUT2D eigenvalue weighted by atomic mass is 31.2. The molecule has 1 aromatic heterocycles. The molecule has 0 radical (unpaired) electrons. The van der Waals surface area contributed by atoms with E-state index in [-0.39, 0.29) is 66.8 Å². The number of imide groups is 1.